The lowest BCUT2D eigenvalue weighted by molar-refractivity contribution is -0.359. The molecule has 2 rings (SSSR count). The molecule has 35 heavy (non-hydrogen) atoms. The molecule has 0 unspecified atom stereocenters. The van der Waals surface area contributed by atoms with Gasteiger partial charge in [-0.15, -0.1) is 0 Å². The molecule has 2 aliphatic heterocycles. The van der Waals surface area contributed by atoms with Crippen LogP contribution in [0.3, 0.4) is 0 Å². The Bertz CT molecular complexity index is 551. The summed E-state index contributed by atoms with van der Waals surface area (Å²) in [6.07, 6.45) is -7.37. The van der Waals surface area contributed by atoms with Gasteiger partial charge in [0.05, 0.1) is 13.2 Å². The molecule has 0 radical (unpaired) electrons. The molecule has 0 saturated carbocycles. The molecule has 0 spiro atoms. The summed E-state index contributed by atoms with van der Waals surface area (Å²) in [5.74, 6) is 0. The largest absolute Gasteiger partial charge is 0.394 e. The number of ether oxygens (including phenoxy) is 5. The van der Waals surface area contributed by atoms with Crippen LogP contribution in [0, 0.1) is 0 Å². The average Bonchev–Trinajstić information content (AvgIpc) is 2.86. The summed E-state index contributed by atoms with van der Waals surface area (Å²) in [6.45, 7) is 2.63. The summed E-state index contributed by atoms with van der Waals surface area (Å²) in [5.41, 5.74) is 0. The van der Waals surface area contributed by atoms with Gasteiger partial charge in [-0.05, 0) is 25.7 Å². The van der Waals surface area contributed by atoms with Crippen molar-refractivity contribution in [3.8, 4) is 0 Å². The van der Waals surface area contributed by atoms with Gasteiger partial charge in [-0.1, -0.05) is 26.2 Å². The molecule has 0 aromatic carbocycles. The smallest absolute Gasteiger partial charge is 0.187 e. The second-order valence-corrected chi connectivity index (χ2v) is 9.11. The van der Waals surface area contributed by atoms with Crippen molar-refractivity contribution < 1.29 is 59.4 Å². The zero-order valence-corrected chi connectivity index (χ0v) is 20.4. The lowest BCUT2D eigenvalue weighted by Gasteiger charge is -2.45. The maximum absolute atomic E-state index is 10.6. The van der Waals surface area contributed by atoms with Gasteiger partial charge in [0.1, 0.15) is 48.8 Å². The first-order valence-electron chi connectivity index (χ1n) is 12.6. The van der Waals surface area contributed by atoms with E-state index in [1.165, 1.54) is 19.3 Å². The molecule has 2 saturated heterocycles. The van der Waals surface area contributed by atoms with Gasteiger partial charge >= 0.3 is 0 Å². The van der Waals surface area contributed by atoms with Gasteiger partial charge in [-0.2, -0.15) is 0 Å². The molecule has 0 bridgehead atoms. The fraction of sp³-hybridized carbons (Fsp3) is 1.00. The van der Waals surface area contributed by atoms with Crippen LogP contribution in [-0.2, 0) is 23.7 Å². The van der Waals surface area contributed by atoms with Crippen LogP contribution < -0.4 is 0 Å². The fourth-order valence-corrected chi connectivity index (χ4v) is 4.11. The van der Waals surface area contributed by atoms with Crippen LogP contribution in [0.1, 0.15) is 51.9 Å². The van der Waals surface area contributed by atoms with Crippen molar-refractivity contribution in [1.29, 1.82) is 0 Å². The molecule has 2 heterocycles. The number of rotatable bonds is 16. The molecule has 7 N–H and O–H groups in total. The predicted molar refractivity (Wildman–Crippen MR) is 121 cm³/mol. The van der Waals surface area contributed by atoms with E-state index in [0.717, 1.165) is 25.9 Å². The van der Waals surface area contributed by atoms with E-state index >= 15 is 0 Å². The first-order valence-corrected chi connectivity index (χ1v) is 12.6. The number of hydrogen-bond acceptors (Lipinski definition) is 12. The molecule has 0 amide bonds. The summed E-state index contributed by atoms with van der Waals surface area (Å²) < 4.78 is 27.5. The van der Waals surface area contributed by atoms with E-state index in [4.69, 9.17) is 23.7 Å². The summed E-state index contributed by atoms with van der Waals surface area (Å²) in [7, 11) is 0. The van der Waals surface area contributed by atoms with Crippen molar-refractivity contribution in [2.45, 2.75) is 113 Å². The van der Waals surface area contributed by atoms with Gasteiger partial charge in [-0.3, -0.25) is 0 Å². The third-order valence-electron chi connectivity index (χ3n) is 6.32. The third kappa shape index (κ3) is 9.09. The minimum absolute atomic E-state index is 0.265. The number of aliphatic hydroxyl groups excluding tert-OH is 7. The van der Waals surface area contributed by atoms with Crippen molar-refractivity contribution >= 4 is 0 Å². The Morgan fingerprint density at radius 2 is 1.17 bits per heavy atom. The zero-order valence-electron chi connectivity index (χ0n) is 20.4. The van der Waals surface area contributed by atoms with E-state index in [2.05, 4.69) is 6.92 Å². The van der Waals surface area contributed by atoms with Crippen molar-refractivity contribution in [1.82, 2.24) is 0 Å². The molecule has 2 fully saturated rings. The van der Waals surface area contributed by atoms with Crippen LogP contribution in [0.5, 0.6) is 0 Å². The highest BCUT2D eigenvalue weighted by Crippen LogP contribution is 2.29. The standard InChI is InChI=1S/C23H44O12/c1-2-3-4-6-9-31-10-7-5-8-11-32-22-20(30)18(28)21(15(13-25)34-22)35-23-19(29)17(27)16(26)14(12-24)33-23/h14-30H,2-13H2,1H3/t14-,15-,16-,17+,18-,19-,20-,21-,22-,23-/m1/s1. The summed E-state index contributed by atoms with van der Waals surface area (Å²) in [6, 6.07) is 0. The first-order chi connectivity index (χ1) is 16.8. The highest BCUT2D eigenvalue weighted by Gasteiger charge is 2.50. The normalized spacial score (nSPS) is 38.1. The minimum atomic E-state index is -1.70. The SMILES string of the molecule is CCCCCCOCCCCCO[C@@H]1O[C@H](CO)[C@@H](O[C@H]2O[C@H](CO)[C@@H](O)[C@H](O)[C@H]2O)[C@H](O)[C@H]1O. The van der Waals surface area contributed by atoms with Crippen LogP contribution in [-0.4, -0.2) is 130 Å². The van der Waals surface area contributed by atoms with Gasteiger partial charge in [0, 0.05) is 19.8 Å². The first kappa shape index (κ1) is 30.7. The van der Waals surface area contributed by atoms with Crippen molar-refractivity contribution in [2.24, 2.45) is 0 Å². The van der Waals surface area contributed by atoms with Gasteiger partial charge in [0.15, 0.2) is 12.6 Å². The van der Waals surface area contributed by atoms with Gasteiger partial charge in [0.2, 0.25) is 0 Å². The highest BCUT2D eigenvalue weighted by molar-refractivity contribution is 4.94. The second-order valence-electron chi connectivity index (χ2n) is 9.11. The summed E-state index contributed by atoms with van der Waals surface area (Å²) in [4.78, 5) is 0. The van der Waals surface area contributed by atoms with Gasteiger partial charge in [0.25, 0.3) is 0 Å². The van der Waals surface area contributed by atoms with Crippen LogP contribution in [0.25, 0.3) is 0 Å². The number of aliphatic hydroxyl groups is 7. The van der Waals surface area contributed by atoms with Crippen molar-refractivity contribution in [3.63, 3.8) is 0 Å². The fourth-order valence-electron chi connectivity index (χ4n) is 4.11. The lowest BCUT2D eigenvalue weighted by Crippen LogP contribution is -2.64. The average molecular weight is 513 g/mol. The maximum Gasteiger partial charge on any atom is 0.187 e. The zero-order chi connectivity index (χ0) is 25.8. The highest BCUT2D eigenvalue weighted by atomic mass is 16.7. The molecular weight excluding hydrogens is 468 g/mol. The van der Waals surface area contributed by atoms with Crippen LogP contribution >= 0.6 is 0 Å². The van der Waals surface area contributed by atoms with E-state index in [0.29, 0.717) is 13.0 Å². The Labute approximate surface area is 206 Å². The molecule has 12 nitrogen and oxygen atoms in total. The van der Waals surface area contributed by atoms with E-state index in [9.17, 15) is 35.7 Å². The van der Waals surface area contributed by atoms with Crippen LogP contribution in [0.4, 0.5) is 0 Å². The molecule has 12 heteroatoms. The molecule has 2 aliphatic rings. The van der Waals surface area contributed by atoms with Gasteiger partial charge in [-0.25, -0.2) is 0 Å². The molecular formula is C23H44O12. The number of hydrogen-bond donors (Lipinski definition) is 7. The van der Waals surface area contributed by atoms with Crippen molar-refractivity contribution in [3.05, 3.63) is 0 Å². The third-order valence-corrected chi connectivity index (χ3v) is 6.32. The molecule has 0 aromatic heterocycles. The molecule has 0 aromatic rings. The number of unbranched alkanes of at least 4 members (excludes halogenated alkanes) is 5. The second kappa shape index (κ2) is 16.4. The van der Waals surface area contributed by atoms with Crippen molar-refractivity contribution in [2.75, 3.05) is 33.0 Å². The maximum atomic E-state index is 10.6. The van der Waals surface area contributed by atoms with E-state index in [-0.39, 0.29) is 6.61 Å². The Kier molecular flexibility index (Phi) is 14.4. The molecule has 208 valence electrons. The predicted octanol–water partition coefficient (Wildman–Crippen LogP) is -1.61. The topological polar surface area (TPSA) is 188 Å². The Balaban J connectivity index is 1.74. The van der Waals surface area contributed by atoms with E-state index in [1.54, 1.807) is 0 Å². The Morgan fingerprint density at radius 1 is 0.600 bits per heavy atom. The Morgan fingerprint density at radius 3 is 1.80 bits per heavy atom. The summed E-state index contributed by atoms with van der Waals surface area (Å²) in [5, 5.41) is 70.0. The van der Waals surface area contributed by atoms with Gasteiger partial charge < -0.3 is 59.4 Å². The monoisotopic (exact) mass is 512 g/mol. The molecule has 10 atom stereocenters. The van der Waals surface area contributed by atoms with Crippen LogP contribution in [0.2, 0.25) is 0 Å². The van der Waals surface area contributed by atoms with E-state index in [1.807, 2.05) is 0 Å². The van der Waals surface area contributed by atoms with Crippen LogP contribution in [0.15, 0.2) is 0 Å². The summed E-state index contributed by atoms with van der Waals surface area (Å²) >= 11 is 0. The Hall–Kier alpha value is -0.480. The quantitative estimate of drug-likeness (QED) is 0.117. The lowest BCUT2D eigenvalue weighted by atomic mass is 9.97. The molecule has 0 aliphatic carbocycles. The van der Waals surface area contributed by atoms with E-state index < -0.39 is 74.6 Å². The minimum Gasteiger partial charge on any atom is -0.394 e.